The van der Waals surface area contributed by atoms with Gasteiger partial charge in [-0.1, -0.05) is 13.2 Å². The molecule has 0 saturated carbocycles. The summed E-state index contributed by atoms with van der Waals surface area (Å²) in [6.45, 7) is 6.32. The lowest BCUT2D eigenvalue weighted by Crippen LogP contribution is -1.84. The van der Waals surface area contributed by atoms with E-state index in [0.29, 0.717) is 0 Å². The molecule has 0 N–H and O–H groups in total. The van der Waals surface area contributed by atoms with Crippen LogP contribution in [-0.4, -0.2) is 31.3 Å². The van der Waals surface area contributed by atoms with E-state index in [1.54, 1.807) is 0 Å². The van der Waals surface area contributed by atoms with E-state index in [1.165, 1.54) is 12.2 Å². The molecule has 0 fully saturated rings. The molecule has 2 nitrogen and oxygen atoms in total. The van der Waals surface area contributed by atoms with Crippen LogP contribution in [0.3, 0.4) is 0 Å². The average molecular weight is 166 g/mol. The van der Waals surface area contributed by atoms with E-state index in [0.717, 1.165) is 0 Å². The van der Waals surface area contributed by atoms with Gasteiger partial charge < -0.3 is 9.59 Å². The van der Waals surface area contributed by atoms with E-state index in [2.05, 4.69) is 33.6 Å². The highest BCUT2D eigenvalue weighted by Crippen LogP contribution is 1.54. The largest absolute Gasteiger partial charge is 0.302 e. The molecule has 0 aromatic rings. The Labute approximate surface area is 66.9 Å². The van der Waals surface area contributed by atoms with Gasteiger partial charge in [-0.2, -0.15) is 0 Å². The maximum Gasteiger partial charge on any atom is 0.132 e. The molecular formula is C6H6O2Si2. The van der Waals surface area contributed by atoms with E-state index in [9.17, 15) is 9.59 Å². The molecule has 0 aliphatic carbocycles. The zero-order valence-electron chi connectivity index (χ0n) is 5.39. The third kappa shape index (κ3) is 26.8. The molecule has 0 heterocycles. The topological polar surface area (TPSA) is 34.1 Å². The van der Waals surface area contributed by atoms with Crippen LogP contribution in [0.5, 0.6) is 0 Å². The fraction of sp³-hybridized carbons (Fsp3) is 0. The van der Waals surface area contributed by atoms with Crippen molar-refractivity contribution in [2.45, 2.75) is 0 Å². The Morgan fingerprint density at radius 3 is 1.10 bits per heavy atom. The monoisotopic (exact) mass is 166 g/mol. The quantitative estimate of drug-likeness (QED) is 0.418. The van der Waals surface area contributed by atoms with Crippen molar-refractivity contribution in [1.82, 2.24) is 0 Å². The third-order valence-corrected chi connectivity index (χ3v) is 0.779. The molecule has 0 amide bonds. The van der Waals surface area contributed by atoms with Gasteiger partial charge in [-0.3, -0.25) is 0 Å². The molecule has 0 saturated heterocycles. The van der Waals surface area contributed by atoms with Gasteiger partial charge in [0.15, 0.2) is 0 Å². The number of carbonyl (C=O) groups excluding carboxylic acids is 2. The number of hydrogen-bond donors (Lipinski definition) is 0. The first-order valence-electron chi connectivity index (χ1n) is 2.30. The summed E-state index contributed by atoms with van der Waals surface area (Å²) in [5.41, 5.74) is 0. The molecule has 0 aromatic heterocycles. The van der Waals surface area contributed by atoms with Gasteiger partial charge in [0.1, 0.15) is 31.3 Å². The molecule has 50 valence electrons. The summed E-state index contributed by atoms with van der Waals surface area (Å²) in [7, 11) is 5.32. The highest BCUT2D eigenvalue weighted by Gasteiger charge is 1.71. The van der Waals surface area contributed by atoms with Crippen molar-refractivity contribution in [2.75, 3.05) is 0 Å². The highest BCUT2D eigenvalue weighted by molar-refractivity contribution is 6.61. The van der Waals surface area contributed by atoms with Crippen LogP contribution in [0.1, 0.15) is 0 Å². The van der Waals surface area contributed by atoms with Crippen molar-refractivity contribution in [3.8, 4) is 0 Å². The van der Waals surface area contributed by atoms with E-state index in [4.69, 9.17) is 0 Å². The molecule has 6 radical (unpaired) electrons. The number of rotatable bonds is 2. The van der Waals surface area contributed by atoms with Crippen molar-refractivity contribution >= 4 is 31.3 Å². The van der Waals surface area contributed by atoms with Crippen LogP contribution in [0.15, 0.2) is 25.3 Å². The van der Waals surface area contributed by atoms with Crippen LogP contribution >= 0.6 is 0 Å². The average Bonchev–Trinajstić information content (AvgIpc) is 1.89. The molecule has 0 unspecified atom stereocenters. The predicted molar refractivity (Wildman–Crippen MR) is 41.9 cm³/mol. The van der Waals surface area contributed by atoms with Gasteiger partial charge in [-0.25, -0.2) is 0 Å². The summed E-state index contributed by atoms with van der Waals surface area (Å²) >= 11 is 0. The first-order chi connectivity index (χ1) is 4.54. The molecule has 0 rings (SSSR count). The van der Waals surface area contributed by atoms with Crippen LogP contribution in [0.2, 0.25) is 0 Å². The van der Waals surface area contributed by atoms with Gasteiger partial charge in [-0.15, -0.1) is 0 Å². The second kappa shape index (κ2) is 8.25. The Hall–Kier alpha value is -0.746. The Balaban J connectivity index is 0. The van der Waals surface area contributed by atoms with Crippen LogP contribution < -0.4 is 0 Å². The van der Waals surface area contributed by atoms with Gasteiger partial charge >= 0.3 is 0 Å². The molecule has 0 aliphatic heterocycles. The zero-order chi connectivity index (χ0) is 8.57. The number of carbonyl (C=O) groups is 2. The molecule has 0 spiro atoms. The van der Waals surface area contributed by atoms with Crippen LogP contribution in [-0.2, 0) is 9.59 Å². The highest BCUT2D eigenvalue weighted by atomic mass is 28.1. The first kappa shape index (κ1) is 12.0. The van der Waals surface area contributed by atoms with Crippen molar-refractivity contribution in [3.05, 3.63) is 25.3 Å². The second-order valence-corrected chi connectivity index (χ2v) is 2.12. The van der Waals surface area contributed by atoms with Crippen molar-refractivity contribution in [1.29, 1.82) is 0 Å². The maximum absolute atomic E-state index is 9.61. The fourth-order valence-electron chi connectivity index (χ4n) is 0. The van der Waals surface area contributed by atoms with E-state index >= 15 is 0 Å². The Bertz CT molecular complexity index is 134. The number of allylic oxidation sites excluding steroid dienone is 2. The maximum atomic E-state index is 9.61. The fourth-order valence-corrected chi connectivity index (χ4v) is 0. The van der Waals surface area contributed by atoms with Crippen LogP contribution in [0.4, 0.5) is 0 Å². The minimum Gasteiger partial charge on any atom is -0.302 e. The predicted octanol–water partition coefficient (Wildman–Crippen LogP) is -0.265. The zero-order valence-corrected chi connectivity index (χ0v) is 7.39. The summed E-state index contributed by atoms with van der Waals surface area (Å²) in [4.78, 5) is 19.2. The normalized spacial score (nSPS) is 6.60. The summed E-state index contributed by atoms with van der Waals surface area (Å²) in [5, 5.41) is -0.352. The van der Waals surface area contributed by atoms with Crippen molar-refractivity contribution in [2.24, 2.45) is 0 Å². The summed E-state index contributed by atoms with van der Waals surface area (Å²) in [6, 6.07) is 0. The summed E-state index contributed by atoms with van der Waals surface area (Å²) in [5.74, 6) is 0. The van der Waals surface area contributed by atoms with Gasteiger partial charge in [0.25, 0.3) is 0 Å². The minimum atomic E-state index is -0.176. The van der Waals surface area contributed by atoms with E-state index in [1.807, 2.05) is 0 Å². The Kier molecular flexibility index (Phi) is 9.89. The molecular weight excluding hydrogens is 160 g/mol. The van der Waals surface area contributed by atoms with E-state index < -0.39 is 0 Å². The summed E-state index contributed by atoms with van der Waals surface area (Å²) < 4.78 is 0. The third-order valence-electron chi connectivity index (χ3n) is 0.371. The lowest BCUT2D eigenvalue weighted by atomic mass is 10.7. The summed E-state index contributed by atoms with van der Waals surface area (Å²) in [6.07, 6.45) is 2.38. The Morgan fingerprint density at radius 2 is 1.10 bits per heavy atom. The lowest BCUT2D eigenvalue weighted by Gasteiger charge is -1.62. The molecule has 10 heavy (non-hydrogen) atoms. The smallest absolute Gasteiger partial charge is 0.132 e. The Morgan fingerprint density at radius 1 is 1.00 bits per heavy atom. The van der Waals surface area contributed by atoms with Crippen molar-refractivity contribution < 1.29 is 9.59 Å². The molecule has 0 atom stereocenters. The first-order valence-corrected chi connectivity index (χ1v) is 3.30. The molecule has 4 heteroatoms. The van der Waals surface area contributed by atoms with Gasteiger partial charge in [0.05, 0.1) is 0 Å². The number of hydrogen-bond acceptors (Lipinski definition) is 2. The minimum absolute atomic E-state index is 0.176. The second-order valence-electron chi connectivity index (χ2n) is 1.14. The molecule has 0 aromatic carbocycles. The standard InChI is InChI=1S/2C3H3OSi/c2*1-2-3(4)5/h2*2H,1H2. The molecule has 0 bridgehead atoms. The van der Waals surface area contributed by atoms with Crippen LogP contribution in [0.25, 0.3) is 0 Å². The van der Waals surface area contributed by atoms with Gasteiger partial charge in [0.2, 0.25) is 0 Å². The van der Waals surface area contributed by atoms with Gasteiger partial charge in [-0.05, 0) is 12.2 Å². The van der Waals surface area contributed by atoms with Crippen molar-refractivity contribution in [3.63, 3.8) is 0 Å². The van der Waals surface area contributed by atoms with E-state index in [-0.39, 0.29) is 10.8 Å². The SMILES string of the molecule is C=CC(=O)[Si].C=CC(=O)[Si]. The van der Waals surface area contributed by atoms with Crippen LogP contribution in [0, 0.1) is 0 Å². The lowest BCUT2D eigenvalue weighted by molar-refractivity contribution is -0.108. The molecule has 0 aliphatic rings. The van der Waals surface area contributed by atoms with Gasteiger partial charge in [0, 0.05) is 0 Å².